The van der Waals surface area contributed by atoms with Gasteiger partial charge >= 0.3 is 11.9 Å². The molecule has 0 unspecified atom stereocenters. The monoisotopic (exact) mass is 574 g/mol. The van der Waals surface area contributed by atoms with Crippen molar-refractivity contribution in [3.8, 4) is 0 Å². The zero-order valence-corrected chi connectivity index (χ0v) is 24.6. The number of aromatic nitrogens is 4. The third kappa shape index (κ3) is 5.39. The number of aromatic amines is 2. The number of nitrogens with one attached hydrogen (secondary N) is 2. The highest BCUT2D eigenvalue weighted by Gasteiger charge is 2.22. The Morgan fingerprint density at radius 1 is 0.651 bits per heavy atom. The van der Waals surface area contributed by atoms with Gasteiger partial charge in [-0.3, -0.25) is 9.59 Å². The Morgan fingerprint density at radius 3 is 1.51 bits per heavy atom. The van der Waals surface area contributed by atoms with Crippen LogP contribution in [-0.2, 0) is 9.59 Å². The number of fused-ring (bicyclic) bond motifs is 8. The van der Waals surface area contributed by atoms with E-state index in [1.54, 1.807) is 12.2 Å². The van der Waals surface area contributed by atoms with E-state index >= 15 is 0 Å². The number of H-pyrrole nitrogens is 2. The van der Waals surface area contributed by atoms with E-state index in [0.717, 1.165) is 66.6 Å². The highest BCUT2D eigenvalue weighted by atomic mass is 16.4. The van der Waals surface area contributed by atoms with Crippen LogP contribution in [0.1, 0.15) is 84.6 Å². The second-order valence-corrected chi connectivity index (χ2v) is 10.7. The molecule has 0 aliphatic carbocycles. The topological polar surface area (TPSA) is 132 Å². The van der Waals surface area contributed by atoms with E-state index in [0.29, 0.717) is 35.6 Å². The summed E-state index contributed by atoms with van der Waals surface area (Å²) in [5.41, 5.74) is 13.1. The van der Waals surface area contributed by atoms with Crippen molar-refractivity contribution >= 4 is 74.5 Å². The van der Waals surface area contributed by atoms with Gasteiger partial charge in [0.2, 0.25) is 0 Å². The molecule has 0 amide bonds. The standard InChI is InChI=1S/C35H34N4O4/c1-7-21-18(4)26-15-30-22(8-2)23(9-3)31(39-30)16-28-20(6)25(11-13-35(42)43)33(38-28)17-32-24(10-12-34(40)41)19(5)27(37-32)14-29(21)36-26/h7-9,14-17,36,39H,1-3,10-13H2,4-6H3,(H,40,41)(H,42,43). The van der Waals surface area contributed by atoms with Crippen LogP contribution < -0.4 is 0 Å². The van der Waals surface area contributed by atoms with Crippen LogP contribution in [0.4, 0.5) is 0 Å². The van der Waals surface area contributed by atoms with Crippen molar-refractivity contribution in [2.24, 2.45) is 0 Å². The summed E-state index contributed by atoms with van der Waals surface area (Å²) in [4.78, 5) is 40.0. The smallest absolute Gasteiger partial charge is 0.303 e. The van der Waals surface area contributed by atoms with E-state index in [1.807, 2.05) is 51.1 Å². The number of carboxylic acids is 2. The number of carbonyl (C=O) groups is 2. The highest BCUT2D eigenvalue weighted by molar-refractivity contribution is 5.97. The molecule has 2 aliphatic rings. The molecule has 218 valence electrons. The molecule has 0 radical (unpaired) electrons. The number of carboxylic acid groups (broad SMARTS) is 2. The fraction of sp³-hybridized carbons (Fsp3) is 0.200. The van der Waals surface area contributed by atoms with Crippen LogP contribution in [0.2, 0.25) is 0 Å². The average Bonchev–Trinajstić information content (AvgIpc) is 3.63. The van der Waals surface area contributed by atoms with Crippen molar-refractivity contribution in [1.29, 1.82) is 0 Å². The molecule has 0 saturated heterocycles. The Balaban J connectivity index is 1.95. The lowest BCUT2D eigenvalue weighted by molar-refractivity contribution is -0.137. The molecule has 5 heterocycles. The molecule has 43 heavy (non-hydrogen) atoms. The number of allylic oxidation sites excluding steroid dienone is 4. The molecule has 4 N–H and O–H groups in total. The van der Waals surface area contributed by atoms with Gasteiger partial charge in [0.25, 0.3) is 0 Å². The van der Waals surface area contributed by atoms with Gasteiger partial charge in [0.05, 0.1) is 22.8 Å². The number of hydrogen-bond acceptors (Lipinski definition) is 4. The first-order valence-corrected chi connectivity index (χ1v) is 14.1. The number of aryl methyl sites for hydroxylation is 1. The summed E-state index contributed by atoms with van der Waals surface area (Å²) in [5, 5.41) is 18.9. The van der Waals surface area contributed by atoms with Gasteiger partial charge in [0, 0.05) is 51.6 Å². The Bertz CT molecular complexity index is 1970. The van der Waals surface area contributed by atoms with Crippen LogP contribution in [0.3, 0.4) is 0 Å². The maximum atomic E-state index is 11.5. The Hall–Kier alpha value is -5.24. The summed E-state index contributed by atoms with van der Waals surface area (Å²) < 4.78 is 0. The van der Waals surface area contributed by atoms with Crippen molar-refractivity contribution < 1.29 is 19.8 Å². The minimum Gasteiger partial charge on any atom is -0.481 e. The van der Waals surface area contributed by atoms with Crippen LogP contribution in [0.5, 0.6) is 0 Å². The lowest BCUT2D eigenvalue weighted by atomic mass is 9.98. The maximum absolute atomic E-state index is 11.5. The van der Waals surface area contributed by atoms with Gasteiger partial charge in [-0.25, -0.2) is 9.97 Å². The molecular formula is C35H34N4O4. The van der Waals surface area contributed by atoms with Crippen molar-refractivity contribution in [2.45, 2.75) is 46.5 Å². The quantitative estimate of drug-likeness (QED) is 0.204. The van der Waals surface area contributed by atoms with Crippen molar-refractivity contribution in [3.05, 3.63) is 89.0 Å². The largest absolute Gasteiger partial charge is 0.481 e. The van der Waals surface area contributed by atoms with Gasteiger partial charge in [-0.2, -0.15) is 0 Å². The van der Waals surface area contributed by atoms with Crippen molar-refractivity contribution in [3.63, 3.8) is 0 Å². The maximum Gasteiger partial charge on any atom is 0.303 e. The molecule has 8 nitrogen and oxygen atoms in total. The predicted molar refractivity (Wildman–Crippen MR) is 175 cm³/mol. The molecule has 8 heteroatoms. The fourth-order valence-corrected chi connectivity index (χ4v) is 5.83. The second-order valence-electron chi connectivity index (χ2n) is 10.7. The molecule has 0 fully saturated rings. The van der Waals surface area contributed by atoms with E-state index < -0.39 is 11.9 Å². The van der Waals surface area contributed by atoms with E-state index in [9.17, 15) is 19.8 Å². The molecule has 3 aromatic rings. The SMILES string of the molecule is C=Cc1c(C)c2cc3[nH]c(cc4nc(cc5nc(cc1[nH]2)C(C)=C5CCC(=O)O)C(CCC(=O)O)=C4C)c(C=C)c3C=C. The number of nitrogens with zero attached hydrogens (tertiary/aromatic N) is 2. The lowest BCUT2D eigenvalue weighted by Crippen LogP contribution is -1.97. The Kier molecular flexibility index (Phi) is 7.87. The van der Waals surface area contributed by atoms with Crippen LogP contribution in [0, 0.1) is 6.92 Å². The normalized spacial score (nSPS) is 12.9. The Morgan fingerprint density at radius 2 is 1.07 bits per heavy atom. The highest BCUT2D eigenvalue weighted by Crippen LogP contribution is 2.38. The summed E-state index contributed by atoms with van der Waals surface area (Å²) >= 11 is 0. The van der Waals surface area contributed by atoms with Gasteiger partial charge < -0.3 is 20.2 Å². The molecule has 2 aliphatic heterocycles. The zero-order chi connectivity index (χ0) is 31.0. The molecule has 3 aromatic heterocycles. The molecule has 0 atom stereocenters. The van der Waals surface area contributed by atoms with E-state index in [-0.39, 0.29) is 12.8 Å². The molecule has 0 saturated carbocycles. The first-order valence-electron chi connectivity index (χ1n) is 14.1. The number of hydrogen-bond donors (Lipinski definition) is 4. The third-order valence-corrected chi connectivity index (χ3v) is 8.20. The molecule has 5 rings (SSSR count). The van der Waals surface area contributed by atoms with Crippen LogP contribution in [-0.4, -0.2) is 42.1 Å². The zero-order valence-electron chi connectivity index (χ0n) is 24.6. The Labute approximate surface area is 249 Å². The van der Waals surface area contributed by atoms with Gasteiger partial charge in [-0.1, -0.05) is 38.0 Å². The van der Waals surface area contributed by atoms with Crippen molar-refractivity contribution in [1.82, 2.24) is 19.9 Å². The molecule has 8 bridgehead atoms. The minimum atomic E-state index is -0.899. The van der Waals surface area contributed by atoms with Crippen LogP contribution in [0.15, 0.2) is 44.0 Å². The minimum absolute atomic E-state index is 0.0469. The number of rotatable bonds is 9. The second kappa shape index (κ2) is 11.6. The van der Waals surface area contributed by atoms with Gasteiger partial charge in [0.1, 0.15) is 0 Å². The van der Waals surface area contributed by atoms with E-state index in [1.165, 1.54) is 0 Å². The average molecular weight is 575 g/mol. The van der Waals surface area contributed by atoms with Crippen LogP contribution >= 0.6 is 0 Å². The molecular weight excluding hydrogens is 540 g/mol. The first kappa shape index (κ1) is 29.3. The fourth-order valence-electron chi connectivity index (χ4n) is 5.83. The van der Waals surface area contributed by atoms with Crippen molar-refractivity contribution in [2.75, 3.05) is 0 Å². The molecule has 0 spiro atoms. The molecule has 0 aromatic carbocycles. The third-order valence-electron chi connectivity index (χ3n) is 8.20. The van der Waals surface area contributed by atoms with Gasteiger partial charge in [-0.15, -0.1) is 0 Å². The van der Waals surface area contributed by atoms with Crippen LogP contribution in [0.25, 0.3) is 62.6 Å². The first-order chi connectivity index (χ1) is 20.6. The number of aliphatic carboxylic acids is 2. The van der Waals surface area contributed by atoms with Gasteiger partial charge in [-0.05, 0) is 85.7 Å². The lowest BCUT2D eigenvalue weighted by Gasteiger charge is -2.05. The van der Waals surface area contributed by atoms with E-state index in [4.69, 9.17) is 9.97 Å². The van der Waals surface area contributed by atoms with E-state index in [2.05, 4.69) is 29.7 Å². The van der Waals surface area contributed by atoms with Gasteiger partial charge in [0.15, 0.2) is 0 Å². The summed E-state index contributed by atoms with van der Waals surface area (Å²) in [6.45, 7) is 18.0. The summed E-state index contributed by atoms with van der Waals surface area (Å²) in [6.07, 6.45) is 5.88. The summed E-state index contributed by atoms with van der Waals surface area (Å²) in [5.74, 6) is -1.79. The summed E-state index contributed by atoms with van der Waals surface area (Å²) in [6, 6.07) is 7.79. The predicted octanol–water partition coefficient (Wildman–Crippen LogP) is 8.14. The summed E-state index contributed by atoms with van der Waals surface area (Å²) in [7, 11) is 0.